The average molecular weight is 274 g/mol. The number of anilines is 1. The molecular weight excluding hydrogens is 259 g/mol. The minimum atomic E-state index is -0.226. The zero-order chi connectivity index (χ0) is 13.7. The largest absolute Gasteiger partial charge is 0.348 e. The van der Waals surface area contributed by atoms with Crippen LogP contribution in [0.4, 0.5) is 10.1 Å². The van der Waals surface area contributed by atoms with E-state index >= 15 is 0 Å². The van der Waals surface area contributed by atoms with E-state index in [1.54, 1.807) is 12.1 Å². The first-order chi connectivity index (χ1) is 9.15. The van der Waals surface area contributed by atoms with Gasteiger partial charge in [-0.2, -0.15) is 0 Å². The van der Waals surface area contributed by atoms with Crippen LogP contribution in [0, 0.1) is 5.82 Å². The van der Waals surface area contributed by atoms with Crippen molar-refractivity contribution < 1.29 is 4.39 Å². The maximum absolute atomic E-state index is 12.8. The van der Waals surface area contributed by atoms with Gasteiger partial charge >= 0.3 is 0 Å². The molecule has 2 nitrogen and oxygen atoms in total. The highest BCUT2D eigenvalue weighted by Gasteiger charge is 2.05. The Kier molecular flexibility index (Phi) is 4.47. The molecule has 4 heteroatoms. The summed E-state index contributed by atoms with van der Waals surface area (Å²) in [4.78, 5) is 1.91. The van der Waals surface area contributed by atoms with Crippen LogP contribution in [0.3, 0.4) is 0 Å². The van der Waals surface area contributed by atoms with E-state index in [0.717, 1.165) is 11.3 Å². The molecule has 2 aromatic carbocycles. The van der Waals surface area contributed by atoms with E-state index < -0.39 is 0 Å². The molecule has 0 saturated carbocycles. The summed E-state index contributed by atoms with van der Waals surface area (Å²) in [5.74, 6) is -0.226. The van der Waals surface area contributed by atoms with Gasteiger partial charge in [-0.15, -0.1) is 0 Å². The fourth-order valence-electron chi connectivity index (χ4n) is 1.68. The van der Waals surface area contributed by atoms with Gasteiger partial charge in [-0.05, 0) is 42.0 Å². The predicted molar refractivity (Wildman–Crippen MR) is 80.5 cm³/mol. The number of thiocarbonyl (C=S) groups is 1. The van der Waals surface area contributed by atoms with Crippen LogP contribution in [0.25, 0.3) is 0 Å². The third kappa shape index (κ3) is 4.03. The molecule has 0 spiro atoms. The average Bonchev–Trinajstić information content (AvgIpc) is 2.42. The van der Waals surface area contributed by atoms with Crippen molar-refractivity contribution in [3.63, 3.8) is 0 Å². The van der Waals surface area contributed by atoms with Crippen molar-refractivity contribution in [2.24, 2.45) is 0 Å². The molecule has 0 radical (unpaired) electrons. The molecule has 0 amide bonds. The molecule has 0 aromatic heterocycles. The number of hydrogen-bond donors (Lipinski definition) is 1. The van der Waals surface area contributed by atoms with E-state index in [4.69, 9.17) is 12.2 Å². The molecular formula is C15H15FN2S. The van der Waals surface area contributed by atoms with E-state index in [2.05, 4.69) is 5.32 Å². The summed E-state index contributed by atoms with van der Waals surface area (Å²) in [6, 6.07) is 16.2. The molecule has 0 heterocycles. The Hall–Kier alpha value is -1.94. The smallest absolute Gasteiger partial charge is 0.173 e. The van der Waals surface area contributed by atoms with Crippen molar-refractivity contribution in [3.05, 3.63) is 66.0 Å². The highest BCUT2D eigenvalue weighted by molar-refractivity contribution is 7.80. The molecule has 19 heavy (non-hydrogen) atoms. The lowest BCUT2D eigenvalue weighted by Crippen LogP contribution is -2.30. The number of nitrogens with one attached hydrogen (secondary N) is 1. The van der Waals surface area contributed by atoms with Gasteiger partial charge in [-0.3, -0.25) is 0 Å². The van der Waals surface area contributed by atoms with E-state index in [1.165, 1.54) is 12.1 Å². The van der Waals surface area contributed by atoms with Gasteiger partial charge in [0, 0.05) is 19.3 Å². The van der Waals surface area contributed by atoms with Crippen LogP contribution in [0.2, 0.25) is 0 Å². The zero-order valence-electron chi connectivity index (χ0n) is 10.6. The zero-order valence-corrected chi connectivity index (χ0v) is 11.5. The summed E-state index contributed by atoms with van der Waals surface area (Å²) in [5, 5.41) is 3.79. The summed E-state index contributed by atoms with van der Waals surface area (Å²) < 4.78 is 12.8. The second-order valence-electron chi connectivity index (χ2n) is 4.28. The lowest BCUT2D eigenvalue weighted by atomic mass is 10.2. The number of para-hydroxylation sites is 1. The lowest BCUT2D eigenvalue weighted by Gasteiger charge is -2.21. The molecule has 0 fully saturated rings. The fraction of sp³-hybridized carbons (Fsp3) is 0.133. The Labute approximate surface area is 117 Å². The first-order valence-corrected chi connectivity index (χ1v) is 6.37. The maximum Gasteiger partial charge on any atom is 0.173 e. The predicted octanol–water partition coefficient (Wildman–Crippen LogP) is 3.65. The van der Waals surface area contributed by atoms with Crippen LogP contribution >= 0.6 is 12.2 Å². The molecule has 1 N–H and O–H groups in total. The highest BCUT2D eigenvalue weighted by atomic mass is 32.1. The number of rotatable bonds is 3. The van der Waals surface area contributed by atoms with Crippen LogP contribution in [0.15, 0.2) is 54.6 Å². The van der Waals surface area contributed by atoms with Crippen LogP contribution in [0.5, 0.6) is 0 Å². The molecule has 0 atom stereocenters. The Balaban J connectivity index is 1.94. The van der Waals surface area contributed by atoms with Gasteiger partial charge in [0.15, 0.2) is 5.11 Å². The summed E-state index contributed by atoms with van der Waals surface area (Å²) >= 11 is 5.32. The quantitative estimate of drug-likeness (QED) is 0.860. The minimum absolute atomic E-state index is 0.226. The normalized spacial score (nSPS) is 10.0. The number of nitrogens with zero attached hydrogens (tertiary/aromatic N) is 1. The Morgan fingerprint density at radius 2 is 1.74 bits per heavy atom. The van der Waals surface area contributed by atoms with Gasteiger partial charge in [0.05, 0.1) is 0 Å². The molecule has 2 aromatic rings. The third-order valence-electron chi connectivity index (χ3n) is 2.70. The van der Waals surface area contributed by atoms with Crippen molar-refractivity contribution in [2.75, 3.05) is 12.4 Å². The molecule has 0 aliphatic carbocycles. The third-order valence-corrected chi connectivity index (χ3v) is 3.12. The van der Waals surface area contributed by atoms with Gasteiger partial charge in [0.1, 0.15) is 5.82 Å². The monoisotopic (exact) mass is 274 g/mol. The van der Waals surface area contributed by atoms with Crippen molar-refractivity contribution in [1.29, 1.82) is 0 Å². The second kappa shape index (κ2) is 6.29. The number of benzene rings is 2. The summed E-state index contributed by atoms with van der Waals surface area (Å²) in [7, 11) is 1.90. The lowest BCUT2D eigenvalue weighted by molar-refractivity contribution is 0.507. The van der Waals surface area contributed by atoms with E-state index in [0.29, 0.717) is 11.7 Å². The van der Waals surface area contributed by atoms with Crippen molar-refractivity contribution in [1.82, 2.24) is 4.90 Å². The van der Waals surface area contributed by atoms with Crippen LogP contribution in [0.1, 0.15) is 5.56 Å². The fourth-order valence-corrected chi connectivity index (χ4v) is 1.86. The Morgan fingerprint density at radius 3 is 2.37 bits per heavy atom. The topological polar surface area (TPSA) is 15.3 Å². The van der Waals surface area contributed by atoms with E-state index in [-0.39, 0.29) is 5.82 Å². The Bertz CT molecular complexity index is 540. The minimum Gasteiger partial charge on any atom is -0.348 e. The molecule has 98 valence electrons. The van der Waals surface area contributed by atoms with Gasteiger partial charge < -0.3 is 10.2 Å². The van der Waals surface area contributed by atoms with Gasteiger partial charge in [-0.1, -0.05) is 30.3 Å². The Morgan fingerprint density at radius 1 is 1.11 bits per heavy atom. The van der Waals surface area contributed by atoms with Crippen LogP contribution in [-0.2, 0) is 6.54 Å². The van der Waals surface area contributed by atoms with Crippen molar-refractivity contribution in [2.45, 2.75) is 6.54 Å². The number of hydrogen-bond acceptors (Lipinski definition) is 1. The summed E-state index contributed by atoms with van der Waals surface area (Å²) in [6.07, 6.45) is 0. The maximum atomic E-state index is 12.8. The standard InChI is InChI=1S/C15H15FN2S/c1-18(11-12-7-9-13(16)10-8-12)15(19)17-14-5-3-2-4-6-14/h2-10H,11H2,1H3,(H,17,19). The molecule has 0 aliphatic heterocycles. The van der Waals surface area contributed by atoms with Gasteiger partial charge in [-0.25, -0.2) is 4.39 Å². The van der Waals surface area contributed by atoms with Gasteiger partial charge in [0.2, 0.25) is 0 Å². The molecule has 0 aliphatic rings. The van der Waals surface area contributed by atoms with E-state index in [9.17, 15) is 4.39 Å². The molecule has 0 bridgehead atoms. The molecule has 0 saturated heterocycles. The van der Waals surface area contributed by atoms with E-state index in [1.807, 2.05) is 42.3 Å². The van der Waals surface area contributed by atoms with Crippen LogP contribution < -0.4 is 5.32 Å². The van der Waals surface area contributed by atoms with Gasteiger partial charge in [0.25, 0.3) is 0 Å². The summed E-state index contributed by atoms with van der Waals surface area (Å²) in [6.45, 7) is 0.638. The number of halogens is 1. The first kappa shape index (κ1) is 13.5. The SMILES string of the molecule is CN(Cc1ccc(F)cc1)C(=S)Nc1ccccc1. The first-order valence-electron chi connectivity index (χ1n) is 5.97. The highest BCUT2D eigenvalue weighted by Crippen LogP contribution is 2.09. The molecule has 2 rings (SSSR count). The van der Waals surface area contributed by atoms with Crippen LogP contribution in [-0.4, -0.2) is 17.1 Å². The van der Waals surface area contributed by atoms with Crippen molar-refractivity contribution in [3.8, 4) is 0 Å². The van der Waals surface area contributed by atoms with Crippen molar-refractivity contribution >= 4 is 23.0 Å². The summed E-state index contributed by atoms with van der Waals surface area (Å²) in [5.41, 5.74) is 1.97. The molecule has 0 unspecified atom stereocenters. The second-order valence-corrected chi connectivity index (χ2v) is 4.67.